The minimum Gasteiger partial charge on any atom is -0.444 e. The Hall–Kier alpha value is -1.67. The van der Waals surface area contributed by atoms with Crippen molar-refractivity contribution in [2.75, 3.05) is 31.1 Å². The number of rotatable bonds is 4. The highest BCUT2D eigenvalue weighted by molar-refractivity contribution is 7.84. The van der Waals surface area contributed by atoms with Gasteiger partial charge in [-0.15, -0.1) is 0 Å². The minimum absolute atomic E-state index is 0.287. The van der Waals surface area contributed by atoms with E-state index in [0.717, 1.165) is 11.3 Å². The molecule has 1 aliphatic rings. The van der Waals surface area contributed by atoms with E-state index in [2.05, 4.69) is 9.62 Å². The number of carbonyl (C=O) groups excluding carboxylic acids is 1. The van der Waals surface area contributed by atoms with Gasteiger partial charge in [0, 0.05) is 37.9 Å². The molecule has 0 radical (unpaired) electrons. The van der Waals surface area contributed by atoms with Gasteiger partial charge >= 0.3 is 6.09 Å². The number of piperazine rings is 1. The zero-order valence-electron chi connectivity index (χ0n) is 18.5. The summed E-state index contributed by atoms with van der Waals surface area (Å²) in [6, 6.07) is 4.40. The lowest BCUT2D eigenvalue weighted by molar-refractivity contribution is 0.0240. The van der Waals surface area contributed by atoms with Gasteiger partial charge in [0.1, 0.15) is 11.4 Å². The molecule has 164 valence electrons. The summed E-state index contributed by atoms with van der Waals surface area (Å²) >= 11 is 0. The van der Waals surface area contributed by atoms with E-state index in [1.165, 1.54) is 12.1 Å². The Morgan fingerprint density at radius 1 is 1.14 bits per heavy atom. The highest BCUT2D eigenvalue weighted by atomic mass is 32.2. The molecule has 29 heavy (non-hydrogen) atoms. The maximum Gasteiger partial charge on any atom is 0.410 e. The van der Waals surface area contributed by atoms with Crippen LogP contribution >= 0.6 is 0 Å². The summed E-state index contributed by atoms with van der Waals surface area (Å²) in [6.07, 6.45) is -0.313. The molecule has 8 heteroatoms. The average molecular weight is 428 g/mol. The first-order valence-electron chi connectivity index (χ1n) is 9.98. The van der Waals surface area contributed by atoms with Crippen molar-refractivity contribution in [2.45, 2.75) is 64.9 Å². The highest BCUT2D eigenvalue weighted by Crippen LogP contribution is 2.29. The van der Waals surface area contributed by atoms with Gasteiger partial charge in [0.25, 0.3) is 0 Å². The SMILES string of the molecule is C[C@@H](NS(=O)C(C)(C)C)c1cc(F)ccc1N1CCN(C(=O)OC(C)(C)C)CC1. The molecule has 0 aromatic heterocycles. The van der Waals surface area contributed by atoms with Crippen molar-refractivity contribution in [3.63, 3.8) is 0 Å². The van der Waals surface area contributed by atoms with Crippen molar-refractivity contribution in [3.8, 4) is 0 Å². The molecule has 1 heterocycles. The van der Waals surface area contributed by atoms with Gasteiger partial charge in [0.2, 0.25) is 0 Å². The predicted octanol–water partition coefficient (Wildman–Crippen LogP) is 4.00. The Morgan fingerprint density at radius 3 is 2.24 bits per heavy atom. The lowest BCUT2D eigenvalue weighted by Gasteiger charge is -2.38. The van der Waals surface area contributed by atoms with E-state index in [4.69, 9.17) is 4.74 Å². The van der Waals surface area contributed by atoms with Crippen LogP contribution in [0.2, 0.25) is 0 Å². The second-order valence-electron chi connectivity index (χ2n) is 9.38. The van der Waals surface area contributed by atoms with E-state index in [1.54, 1.807) is 11.0 Å². The highest BCUT2D eigenvalue weighted by Gasteiger charge is 2.28. The second-order valence-corrected chi connectivity index (χ2v) is 11.4. The van der Waals surface area contributed by atoms with Gasteiger partial charge in [-0.3, -0.25) is 0 Å². The van der Waals surface area contributed by atoms with Gasteiger partial charge in [-0.2, -0.15) is 0 Å². The van der Waals surface area contributed by atoms with Crippen LogP contribution in [0.5, 0.6) is 0 Å². The molecule has 1 unspecified atom stereocenters. The van der Waals surface area contributed by atoms with Crippen LogP contribution in [0.1, 0.15) is 60.1 Å². The van der Waals surface area contributed by atoms with E-state index in [9.17, 15) is 13.4 Å². The van der Waals surface area contributed by atoms with E-state index in [1.807, 2.05) is 48.5 Å². The molecule has 1 aliphatic heterocycles. The first-order valence-corrected chi connectivity index (χ1v) is 11.1. The Labute approximate surface area is 176 Å². The monoisotopic (exact) mass is 427 g/mol. The lowest BCUT2D eigenvalue weighted by Crippen LogP contribution is -2.50. The normalized spacial score (nSPS) is 17.8. The molecule has 1 fully saturated rings. The van der Waals surface area contributed by atoms with Crippen LogP contribution in [0.4, 0.5) is 14.9 Å². The van der Waals surface area contributed by atoms with E-state index >= 15 is 0 Å². The molecular weight excluding hydrogens is 393 g/mol. The average Bonchev–Trinajstić information content (AvgIpc) is 2.59. The number of anilines is 1. The maximum absolute atomic E-state index is 14.0. The van der Waals surface area contributed by atoms with Crippen molar-refractivity contribution in [2.24, 2.45) is 0 Å². The molecule has 0 bridgehead atoms. The fourth-order valence-electron chi connectivity index (χ4n) is 3.02. The van der Waals surface area contributed by atoms with Gasteiger partial charge in [0.15, 0.2) is 0 Å². The lowest BCUT2D eigenvalue weighted by atomic mass is 10.0. The molecule has 1 saturated heterocycles. The van der Waals surface area contributed by atoms with Gasteiger partial charge < -0.3 is 14.5 Å². The van der Waals surface area contributed by atoms with Crippen LogP contribution in [0, 0.1) is 5.82 Å². The van der Waals surface area contributed by atoms with Crippen LogP contribution in [0.3, 0.4) is 0 Å². The van der Waals surface area contributed by atoms with Gasteiger partial charge in [-0.1, -0.05) is 0 Å². The molecule has 2 atom stereocenters. The topological polar surface area (TPSA) is 61.9 Å². The number of benzene rings is 1. The summed E-state index contributed by atoms with van der Waals surface area (Å²) < 4.78 is 34.6. The smallest absolute Gasteiger partial charge is 0.410 e. The molecule has 0 aliphatic carbocycles. The van der Waals surface area contributed by atoms with Gasteiger partial charge in [-0.25, -0.2) is 18.1 Å². The predicted molar refractivity (Wildman–Crippen MR) is 116 cm³/mol. The van der Waals surface area contributed by atoms with Crippen molar-refractivity contribution < 1.29 is 18.1 Å². The number of ether oxygens (including phenoxy) is 1. The Kier molecular flexibility index (Phi) is 7.32. The van der Waals surface area contributed by atoms with E-state index in [-0.39, 0.29) is 18.0 Å². The number of nitrogens with one attached hydrogen (secondary N) is 1. The summed E-state index contributed by atoms with van der Waals surface area (Å²) in [5.41, 5.74) is 1.12. The summed E-state index contributed by atoms with van der Waals surface area (Å²) in [5.74, 6) is -0.327. The van der Waals surface area contributed by atoms with Crippen molar-refractivity contribution in [1.29, 1.82) is 0 Å². The molecule has 6 nitrogen and oxygen atoms in total. The minimum atomic E-state index is -1.27. The number of hydrogen-bond donors (Lipinski definition) is 1. The van der Waals surface area contributed by atoms with Crippen LogP contribution in [0.15, 0.2) is 18.2 Å². The number of carbonyl (C=O) groups is 1. The fourth-order valence-corrected chi connectivity index (χ4v) is 3.82. The number of halogens is 1. The Balaban J connectivity index is 2.12. The van der Waals surface area contributed by atoms with Crippen LogP contribution in [-0.4, -0.2) is 51.7 Å². The largest absolute Gasteiger partial charge is 0.444 e. The molecule has 1 amide bonds. The van der Waals surface area contributed by atoms with Crippen LogP contribution in [-0.2, 0) is 15.7 Å². The maximum atomic E-state index is 14.0. The van der Waals surface area contributed by atoms with Gasteiger partial charge in [0.05, 0.1) is 15.7 Å². The standard InChI is InChI=1S/C21H34FN3O3S/c1-15(23-29(27)21(5,6)7)17-14-16(22)8-9-18(17)24-10-12-25(13-11-24)19(26)28-20(2,3)4/h8-9,14-15,23H,10-13H2,1-7H3/t15-,29?/m1/s1. The molecule has 1 N–H and O–H groups in total. The quantitative estimate of drug-likeness (QED) is 0.789. The van der Waals surface area contributed by atoms with E-state index < -0.39 is 21.3 Å². The fraction of sp³-hybridized carbons (Fsp3) is 0.667. The molecule has 1 aromatic rings. The van der Waals surface area contributed by atoms with Crippen molar-refractivity contribution >= 4 is 22.8 Å². The summed E-state index contributed by atoms with van der Waals surface area (Å²) in [7, 11) is -1.27. The molecule has 1 aromatic carbocycles. The molecular formula is C21H34FN3O3S. The summed E-state index contributed by atoms with van der Waals surface area (Å²) in [5, 5.41) is 0. The molecule has 2 rings (SSSR count). The van der Waals surface area contributed by atoms with Crippen LogP contribution < -0.4 is 9.62 Å². The molecule has 0 spiro atoms. The van der Waals surface area contributed by atoms with E-state index in [0.29, 0.717) is 26.2 Å². The third kappa shape index (κ3) is 6.67. The Morgan fingerprint density at radius 2 is 1.72 bits per heavy atom. The summed E-state index contributed by atoms with van der Waals surface area (Å²) in [6.45, 7) is 15.4. The zero-order valence-corrected chi connectivity index (χ0v) is 19.4. The summed E-state index contributed by atoms with van der Waals surface area (Å²) in [4.78, 5) is 16.1. The third-order valence-corrected chi connectivity index (χ3v) is 6.25. The Bertz CT molecular complexity index is 751. The zero-order chi connectivity index (χ0) is 22.0. The number of hydrogen-bond acceptors (Lipinski definition) is 4. The van der Waals surface area contributed by atoms with Crippen molar-refractivity contribution in [3.05, 3.63) is 29.6 Å². The van der Waals surface area contributed by atoms with Crippen molar-refractivity contribution in [1.82, 2.24) is 9.62 Å². The number of amides is 1. The van der Waals surface area contributed by atoms with Crippen LogP contribution in [0.25, 0.3) is 0 Å². The molecule has 0 saturated carbocycles. The third-order valence-electron chi connectivity index (χ3n) is 4.57. The number of nitrogens with zero attached hydrogens (tertiary/aromatic N) is 2. The first-order chi connectivity index (χ1) is 13.3. The second kappa shape index (κ2) is 9.00. The van der Waals surface area contributed by atoms with Gasteiger partial charge in [-0.05, 0) is 72.2 Å². The first kappa shape index (κ1) is 23.6.